The third-order valence-electron chi connectivity index (χ3n) is 3.17. The Morgan fingerprint density at radius 2 is 2.13 bits per heavy atom. The first-order valence-corrected chi connectivity index (χ1v) is 8.05. The smallest absolute Gasteiger partial charge is 0.408 e. The van der Waals surface area contributed by atoms with Crippen molar-refractivity contribution in [3.8, 4) is 0 Å². The van der Waals surface area contributed by atoms with Crippen LogP contribution in [0.2, 0.25) is 0 Å². The minimum Gasteiger partial charge on any atom is -0.408 e. The maximum absolute atomic E-state index is 12.1. The summed E-state index contributed by atoms with van der Waals surface area (Å²) in [5.74, 6) is -0.424. The van der Waals surface area contributed by atoms with Crippen molar-refractivity contribution in [2.45, 2.75) is 26.8 Å². The fraction of sp³-hybridized carbons (Fsp3) is 0.333. The Balaban J connectivity index is 1.73. The average Bonchev–Trinajstić information content (AvgIpc) is 3.03. The van der Waals surface area contributed by atoms with Crippen LogP contribution in [0.5, 0.6) is 0 Å². The zero-order valence-electron chi connectivity index (χ0n) is 12.8. The van der Waals surface area contributed by atoms with Crippen molar-refractivity contribution in [3.63, 3.8) is 0 Å². The zero-order valence-corrected chi connectivity index (χ0v) is 13.6. The molecule has 7 nitrogen and oxygen atoms in total. The van der Waals surface area contributed by atoms with E-state index in [-0.39, 0.29) is 12.5 Å². The molecule has 1 amide bonds. The number of amides is 1. The van der Waals surface area contributed by atoms with Crippen LogP contribution in [0.15, 0.2) is 33.5 Å². The number of carbonyl (C=O) groups excluding carboxylic acids is 1. The van der Waals surface area contributed by atoms with E-state index in [4.69, 9.17) is 4.42 Å². The summed E-state index contributed by atoms with van der Waals surface area (Å²) < 4.78 is 6.39. The molecule has 0 saturated heterocycles. The van der Waals surface area contributed by atoms with Gasteiger partial charge in [-0.15, -0.1) is 10.2 Å². The number of nitrogens with zero attached hydrogens (tertiary/aromatic N) is 3. The van der Waals surface area contributed by atoms with Gasteiger partial charge in [-0.25, -0.2) is 4.79 Å². The number of nitrogens with one attached hydrogen (secondary N) is 1. The van der Waals surface area contributed by atoms with Crippen LogP contribution in [0.3, 0.4) is 0 Å². The maximum atomic E-state index is 12.1. The lowest BCUT2D eigenvalue weighted by molar-refractivity contribution is -0.116. The van der Waals surface area contributed by atoms with Crippen LogP contribution < -0.4 is 11.1 Å². The second-order valence-corrected chi connectivity index (χ2v) is 6.63. The van der Waals surface area contributed by atoms with Crippen molar-refractivity contribution in [1.82, 2.24) is 14.8 Å². The molecule has 1 aromatic carbocycles. The van der Waals surface area contributed by atoms with Gasteiger partial charge in [-0.05, 0) is 18.1 Å². The molecule has 0 unspecified atom stereocenters. The highest BCUT2D eigenvalue weighted by molar-refractivity contribution is 7.15. The summed E-state index contributed by atoms with van der Waals surface area (Å²) in [6.07, 6.45) is 0.819. The van der Waals surface area contributed by atoms with Crippen molar-refractivity contribution in [2.75, 3.05) is 5.32 Å². The summed E-state index contributed by atoms with van der Waals surface area (Å²) in [4.78, 5) is 24.0. The van der Waals surface area contributed by atoms with E-state index in [0.29, 0.717) is 22.1 Å². The van der Waals surface area contributed by atoms with Crippen LogP contribution in [0.1, 0.15) is 18.9 Å². The first-order chi connectivity index (χ1) is 11.0. The van der Waals surface area contributed by atoms with E-state index in [9.17, 15) is 9.59 Å². The fourth-order valence-electron chi connectivity index (χ4n) is 2.20. The number of fused-ring (bicyclic) bond motifs is 1. The van der Waals surface area contributed by atoms with Crippen molar-refractivity contribution in [3.05, 3.63) is 39.8 Å². The Hall–Kier alpha value is -2.48. The Labute approximate surface area is 136 Å². The Morgan fingerprint density at radius 1 is 1.35 bits per heavy atom. The second kappa shape index (κ2) is 6.33. The van der Waals surface area contributed by atoms with Crippen molar-refractivity contribution in [1.29, 1.82) is 0 Å². The number of anilines is 1. The van der Waals surface area contributed by atoms with E-state index in [2.05, 4.69) is 29.4 Å². The highest BCUT2D eigenvalue weighted by atomic mass is 32.1. The molecule has 0 aliphatic carbocycles. The Morgan fingerprint density at radius 3 is 2.91 bits per heavy atom. The van der Waals surface area contributed by atoms with Crippen LogP contribution in [-0.2, 0) is 17.8 Å². The molecule has 2 aromatic heterocycles. The lowest BCUT2D eigenvalue weighted by Gasteiger charge is -2.02. The van der Waals surface area contributed by atoms with Gasteiger partial charge in [-0.1, -0.05) is 37.3 Å². The molecule has 2 heterocycles. The van der Waals surface area contributed by atoms with Gasteiger partial charge in [-0.3, -0.25) is 14.7 Å². The maximum Gasteiger partial charge on any atom is 0.420 e. The molecule has 0 atom stereocenters. The molecule has 23 heavy (non-hydrogen) atoms. The molecule has 0 fully saturated rings. The molecular weight excluding hydrogens is 316 g/mol. The predicted octanol–water partition coefficient (Wildman–Crippen LogP) is 2.28. The topological polar surface area (TPSA) is 90.0 Å². The minimum atomic E-state index is -0.556. The molecule has 0 saturated carbocycles. The van der Waals surface area contributed by atoms with Crippen molar-refractivity contribution < 1.29 is 9.21 Å². The first kappa shape index (κ1) is 15.4. The van der Waals surface area contributed by atoms with Gasteiger partial charge in [0.1, 0.15) is 11.6 Å². The number of rotatable bonds is 5. The Bertz CT molecular complexity index is 893. The third-order valence-corrected chi connectivity index (χ3v) is 4.03. The van der Waals surface area contributed by atoms with Gasteiger partial charge in [0, 0.05) is 6.42 Å². The standard InChI is InChI=1S/C15H16N4O3S/c1-9(2)7-13-17-18-14(23-13)16-12(20)8-19-10-5-3-4-6-11(10)22-15(19)21/h3-6,9H,7-8H2,1-2H3,(H,16,18,20). The van der Waals surface area contributed by atoms with E-state index >= 15 is 0 Å². The van der Waals surface area contributed by atoms with Crippen LogP contribution in [0.25, 0.3) is 11.1 Å². The molecule has 0 bridgehead atoms. The van der Waals surface area contributed by atoms with E-state index in [1.807, 2.05) is 0 Å². The largest absolute Gasteiger partial charge is 0.420 e. The van der Waals surface area contributed by atoms with Crippen LogP contribution in [0.4, 0.5) is 5.13 Å². The van der Waals surface area contributed by atoms with Crippen molar-refractivity contribution in [2.24, 2.45) is 5.92 Å². The highest BCUT2D eigenvalue weighted by Crippen LogP contribution is 2.18. The Kier molecular flexibility index (Phi) is 4.24. The number of oxazole rings is 1. The normalized spacial score (nSPS) is 11.3. The van der Waals surface area contributed by atoms with Crippen LogP contribution in [-0.4, -0.2) is 20.7 Å². The molecule has 0 radical (unpaired) electrons. The van der Waals surface area contributed by atoms with Gasteiger partial charge in [0.2, 0.25) is 11.0 Å². The monoisotopic (exact) mass is 332 g/mol. The molecule has 3 rings (SSSR count). The van der Waals surface area contributed by atoms with Gasteiger partial charge < -0.3 is 4.42 Å². The lowest BCUT2D eigenvalue weighted by atomic mass is 10.1. The molecule has 0 spiro atoms. The molecular formula is C15H16N4O3S. The van der Waals surface area contributed by atoms with E-state index in [0.717, 1.165) is 11.4 Å². The molecule has 0 aliphatic heterocycles. The van der Waals surface area contributed by atoms with Crippen molar-refractivity contribution >= 4 is 33.5 Å². The predicted molar refractivity (Wildman–Crippen MR) is 87.6 cm³/mol. The van der Waals surface area contributed by atoms with E-state index < -0.39 is 5.76 Å². The summed E-state index contributed by atoms with van der Waals surface area (Å²) in [7, 11) is 0. The number of carbonyl (C=O) groups is 1. The summed E-state index contributed by atoms with van der Waals surface area (Å²) >= 11 is 1.34. The zero-order chi connectivity index (χ0) is 16.4. The SMILES string of the molecule is CC(C)Cc1nnc(NC(=O)Cn2c(=O)oc3ccccc32)s1. The fourth-order valence-corrected chi connectivity index (χ4v) is 3.17. The third kappa shape index (κ3) is 3.48. The van der Waals surface area contributed by atoms with Gasteiger partial charge in [0.05, 0.1) is 5.52 Å². The van der Waals surface area contributed by atoms with Gasteiger partial charge in [0.15, 0.2) is 5.58 Å². The molecule has 0 aliphatic rings. The quantitative estimate of drug-likeness (QED) is 0.774. The van der Waals surface area contributed by atoms with E-state index in [1.165, 1.54) is 15.9 Å². The second-order valence-electron chi connectivity index (χ2n) is 5.57. The van der Waals surface area contributed by atoms with Crippen LogP contribution in [0, 0.1) is 5.92 Å². The number of para-hydroxylation sites is 2. The number of hydrogen-bond donors (Lipinski definition) is 1. The average molecular weight is 332 g/mol. The highest BCUT2D eigenvalue weighted by Gasteiger charge is 2.14. The lowest BCUT2D eigenvalue weighted by Crippen LogP contribution is -2.24. The molecule has 1 N–H and O–H groups in total. The molecule has 3 aromatic rings. The summed E-state index contributed by atoms with van der Waals surface area (Å²) in [5.41, 5.74) is 1.05. The first-order valence-electron chi connectivity index (χ1n) is 7.23. The molecule has 120 valence electrons. The summed E-state index contributed by atoms with van der Waals surface area (Å²) in [6, 6.07) is 6.98. The number of hydrogen-bond acceptors (Lipinski definition) is 6. The number of aromatic nitrogens is 3. The summed E-state index contributed by atoms with van der Waals surface area (Å²) in [5, 5.41) is 12.0. The minimum absolute atomic E-state index is 0.130. The number of benzene rings is 1. The van der Waals surface area contributed by atoms with Crippen LogP contribution >= 0.6 is 11.3 Å². The van der Waals surface area contributed by atoms with E-state index in [1.54, 1.807) is 24.3 Å². The summed E-state index contributed by atoms with van der Waals surface area (Å²) in [6.45, 7) is 4.06. The van der Waals surface area contributed by atoms with Gasteiger partial charge in [-0.2, -0.15) is 0 Å². The van der Waals surface area contributed by atoms with Gasteiger partial charge in [0.25, 0.3) is 0 Å². The molecule has 8 heteroatoms. The van der Waals surface area contributed by atoms with Gasteiger partial charge >= 0.3 is 5.76 Å².